The summed E-state index contributed by atoms with van der Waals surface area (Å²) >= 11 is 1.15. The smallest absolute Gasteiger partial charge is 0.324 e. The zero-order valence-corrected chi connectivity index (χ0v) is 12.3. The molecule has 2 aromatic rings. The van der Waals surface area contributed by atoms with Gasteiger partial charge in [0.2, 0.25) is 0 Å². The van der Waals surface area contributed by atoms with Gasteiger partial charge in [0, 0.05) is 31.1 Å². The largest absolute Gasteiger partial charge is 0.380 e. The molecule has 0 bridgehead atoms. The van der Waals surface area contributed by atoms with Crippen molar-refractivity contribution < 1.29 is 4.92 Å². The SMILES string of the molecule is O=[N+]([O-])c1cc(CNc2ccc(N3CCCC3)nc2)cs1. The summed E-state index contributed by atoms with van der Waals surface area (Å²) in [7, 11) is 0. The summed E-state index contributed by atoms with van der Waals surface area (Å²) in [5, 5.41) is 15.8. The fourth-order valence-corrected chi connectivity index (χ4v) is 3.11. The van der Waals surface area contributed by atoms with Crippen LogP contribution in [0.3, 0.4) is 0 Å². The fraction of sp³-hybridized carbons (Fsp3) is 0.357. The molecule has 0 aromatic carbocycles. The van der Waals surface area contributed by atoms with E-state index in [1.165, 1.54) is 12.8 Å². The van der Waals surface area contributed by atoms with Gasteiger partial charge in [0.15, 0.2) is 0 Å². The fourth-order valence-electron chi connectivity index (χ4n) is 2.38. The minimum Gasteiger partial charge on any atom is -0.380 e. The van der Waals surface area contributed by atoms with Crippen molar-refractivity contribution in [1.29, 1.82) is 0 Å². The third-order valence-electron chi connectivity index (χ3n) is 3.49. The van der Waals surface area contributed by atoms with E-state index < -0.39 is 0 Å². The first-order valence-corrected chi connectivity index (χ1v) is 7.77. The van der Waals surface area contributed by atoms with Crippen LogP contribution in [0.15, 0.2) is 29.8 Å². The molecule has 1 aliphatic heterocycles. The first kappa shape index (κ1) is 13.8. The molecule has 3 heterocycles. The summed E-state index contributed by atoms with van der Waals surface area (Å²) < 4.78 is 0. The van der Waals surface area contributed by atoms with Gasteiger partial charge in [0.05, 0.1) is 16.8 Å². The second-order valence-corrected chi connectivity index (χ2v) is 5.89. The molecule has 0 spiro atoms. The molecule has 1 aliphatic rings. The highest BCUT2D eigenvalue weighted by molar-refractivity contribution is 7.13. The molecule has 0 atom stereocenters. The highest BCUT2D eigenvalue weighted by Crippen LogP contribution is 2.24. The van der Waals surface area contributed by atoms with Crippen molar-refractivity contribution >= 4 is 27.8 Å². The second-order valence-electron chi connectivity index (χ2n) is 5.00. The number of hydrogen-bond donors (Lipinski definition) is 1. The molecule has 0 unspecified atom stereocenters. The van der Waals surface area contributed by atoms with Gasteiger partial charge in [-0.3, -0.25) is 10.1 Å². The lowest BCUT2D eigenvalue weighted by atomic mass is 10.3. The van der Waals surface area contributed by atoms with Crippen molar-refractivity contribution in [2.75, 3.05) is 23.3 Å². The van der Waals surface area contributed by atoms with Gasteiger partial charge in [-0.2, -0.15) is 0 Å². The van der Waals surface area contributed by atoms with Crippen LogP contribution in [-0.4, -0.2) is 23.0 Å². The Kier molecular flexibility index (Phi) is 4.01. The molecule has 110 valence electrons. The van der Waals surface area contributed by atoms with Crippen molar-refractivity contribution in [2.24, 2.45) is 0 Å². The Bertz CT molecular complexity index is 620. The van der Waals surface area contributed by atoms with E-state index in [0.29, 0.717) is 6.54 Å². The lowest BCUT2D eigenvalue weighted by molar-refractivity contribution is -0.380. The Labute approximate surface area is 126 Å². The van der Waals surface area contributed by atoms with Crippen molar-refractivity contribution in [2.45, 2.75) is 19.4 Å². The standard InChI is InChI=1S/C14H16N4O2S/c19-18(20)14-7-11(10-21-14)8-15-12-3-4-13(16-9-12)17-5-1-2-6-17/h3-4,7,9-10,15H,1-2,5-6,8H2. The van der Waals surface area contributed by atoms with Gasteiger partial charge in [-0.1, -0.05) is 11.3 Å². The van der Waals surface area contributed by atoms with Crippen molar-refractivity contribution in [3.8, 4) is 0 Å². The molecular weight excluding hydrogens is 288 g/mol. The molecule has 1 saturated heterocycles. The van der Waals surface area contributed by atoms with E-state index in [1.807, 2.05) is 18.3 Å². The van der Waals surface area contributed by atoms with Gasteiger partial charge in [-0.25, -0.2) is 4.98 Å². The van der Waals surface area contributed by atoms with E-state index in [0.717, 1.165) is 41.5 Å². The second kappa shape index (κ2) is 6.09. The van der Waals surface area contributed by atoms with Crippen LogP contribution in [0.2, 0.25) is 0 Å². The van der Waals surface area contributed by atoms with Gasteiger partial charge in [-0.15, -0.1) is 0 Å². The predicted octanol–water partition coefficient (Wildman–Crippen LogP) is 3.26. The summed E-state index contributed by atoms with van der Waals surface area (Å²) in [6, 6.07) is 5.62. The summed E-state index contributed by atoms with van der Waals surface area (Å²) in [4.78, 5) is 17.0. The Morgan fingerprint density at radius 1 is 1.38 bits per heavy atom. The van der Waals surface area contributed by atoms with Crippen LogP contribution in [0.25, 0.3) is 0 Å². The van der Waals surface area contributed by atoms with Gasteiger partial charge in [0.25, 0.3) is 0 Å². The maximum Gasteiger partial charge on any atom is 0.324 e. The normalized spacial score (nSPS) is 14.4. The summed E-state index contributed by atoms with van der Waals surface area (Å²) in [6.45, 7) is 2.73. The molecular formula is C14H16N4O2S. The van der Waals surface area contributed by atoms with Gasteiger partial charge in [-0.05, 0) is 30.5 Å². The van der Waals surface area contributed by atoms with Crippen LogP contribution < -0.4 is 10.2 Å². The zero-order chi connectivity index (χ0) is 14.7. The molecule has 3 rings (SSSR count). The number of pyridine rings is 1. The van der Waals surface area contributed by atoms with E-state index in [1.54, 1.807) is 11.4 Å². The number of nitrogens with one attached hydrogen (secondary N) is 1. The Morgan fingerprint density at radius 2 is 2.19 bits per heavy atom. The van der Waals surface area contributed by atoms with E-state index in [9.17, 15) is 10.1 Å². The lowest BCUT2D eigenvalue weighted by Gasteiger charge is -2.16. The number of nitro groups is 1. The van der Waals surface area contributed by atoms with Gasteiger partial charge in [0.1, 0.15) is 5.82 Å². The maximum atomic E-state index is 10.6. The quantitative estimate of drug-likeness (QED) is 0.678. The summed E-state index contributed by atoms with van der Waals surface area (Å²) in [6.07, 6.45) is 4.28. The molecule has 0 saturated carbocycles. The molecule has 0 aliphatic carbocycles. The Balaban J connectivity index is 1.58. The maximum absolute atomic E-state index is 10.6. The molecule has 7 heteroatoms. The van der Waals surface area contributed by atoms with E-state index in [2.05, 4.69) is 15.2 Å². The van der Waals surface area contributed by atoms with Crippen molar-refractivity contribution in [3.63, 3.8) is 0 Å². The summed E-state index contributed by atoms with van der Waals surface area (Å²) in [5.74, 6) is 1.02. The highest BCUT2D eigenvalue weighted by Gasteiger charge is 2.13. The Hall–Kier alpha value is -2.15. The topological polar surface area (TPSA) is 71.3 Å². The molecule has 21 heavy (non-hydrogen) atoms. The van der Waals surface area contributed by atoms with E-state index in [4.69, 9.17) is 0 Å². The third-order valence-corrected chi connectivity index (χ3v) is 4.42. The van der Waals surface area contributed by atoms with Crippen LogP contribution in [0, 0.1) is 10.1 Å². The third kappa shape index (κ3) is 3.30. The summed E-state index contributed by atoms with van der Waals surface area (Å²) in [5.41, 5.74) is 1.84. The molecule has 0 radical (unpaired) electrons. The number of aromatic nitrogens is 1. The average molecular weight is 304 g/mol. The number of thiophene rings is 1. The minimum atomic E-state index is -0.361. The van der Waals surface area contributed by atoms with E-state index >= 15 is 0 Å². The monoisotopic (exact) mass is 304 g/mol. The molecule has 6 nitrogen and oxygen atoms in total. The van der Waals surface area contributed by atoms with Crippen LogP contribution in [0.5, 0.6) is 0 Å². The zero-order valence-electron chi connectivity index (χ0n) is 11.5. The van der Waals surface area contributed by atoms with Gasteiger partial charge < -0.3 is 10.2 Å². The number of rotatable bonds is 5. The minimum absolute atomic E-state index is 0.175. The number of nitrogens with zero attached hydrogens (tertiary/aromatic N) is 3. The molecule has 0 amide bonds. The molecule has 1 fully saturated rings. The predicted molar refractivity (Wildman–Crippen MR) is 84.0 cm³/mol. The number of hydrogen-bond acceptors (Lipinski definition) is 6. The number of anilines is 2. The Morgan fingerprint density at radius 3 is 2.81 bits per heavy atom. The molecule has 2 aromatic heterocycles. The lowest BCUT2D eigenvalue weighted by Crippen LogP contribution is -2.18. The van der Waals surface area contributed by atoms with Crippen LogP contribution >= 0.6 is 11.3 Å². The van der Waals surface area contributed by atoms with Crippen LogP contribution in [0.4, 0.5) is 16.5 Å². The van der Waals surface area contributed by atoms with Crippen molar-refractivity contribution in [3.05, 3.63) is 45.5 Å². The first-order valence-electron chi connectivity index (χ1n) is 6.89. The highest BCUT2D eigenvalue weighted by atomic mass is 32.1. The molecule has 1 N–H and O–H groups in total. The average Bonchev–Trinajstić information content (AvgIpc) is 3.17. The first-order chi connectivity index (χ1) is 10.2. The van der Waals surface area contributed by atoms with Crippen molar-refractivity contribution in [1.82, 2.24) is 4.98 Å². The van der Waals surface area contributed by atoms with Crippen LogP contribution in [-0.2, 0) is 6.54 Å². The van der Waals surface area contributed by atoms with Crippen LogP contribution in [0.1, 0.15) is 18.4 Å². The van der Waals surface area contributed by atoms with Gasteiger partial charge >= 0.3 is 5.00 Å². The van der Waals surface area contributed by atoms with E-state index in [-0.39, 0.29) is 9.92 Å².